The molecule has 1 amide bonds. The molecule has 2 aliphatic rings. The van der Waals surface area contributed by atoms with Gasteiger partial charge in [-0.3, -0.25) is 4.79 Å². The lowest BCUT2D eigenvalue weighted by Crippen LogP contribution is -2.48. The predicted octanol–water partition coefficient (Wildman–Crippen LogP) is 1.20. The summed E-state index contributed by atoms with van der Waals surface area (Å²) < 4.78 is 5.42. The first-order valence-electron chi connectivity index (χ1n) is 7.68. The molecule has 1 unspecified atom stereocenters. The molecular weight excluding hydrogens is 313 g/mol. The van der Waals surface area contributed by atoms with Crippen LogP contribution in [0.25, 0.3) is 0 Å². The maximum absolute atomic E-state index is 11.8. The number of hydrogen-bond acceptors (Lipinski definition) is 4. The molecule has 2 fully saturated rings. The molecule has 0 saturated carbocycles. The number of likely N-dealkylation sites (tertiary alicyclic amines) is 1. The Morgan fingerprint density at radius 2 is 1.90 bits per heavy atom. The number of carbonyl (C=O) groups is 1. The molecule has 2 aliphatic heterocycles. The summed E-state index contributed by atoms with van der Waals surface area (Å²) in [6.45, 7) is 6.43. The summed E-state index contributed by atoms with van der Waals surface area (Å²) in [6, 6.07) is 0. The van der Waals surface area contributed by atoms with Gasteiger partial charge in [-0.05, 0) is 38.9 Å². The summed E-state index contributed by atoms with van der Waals surface area (Å²) in [4.78, 5) is 14.3. The molecule has 1 atom stereocenters. The summed E-state index contributed by atoms with van der Waals surface area (Å²) >= 11 is 0. The second-order valence-corrected chi connectivity index (χ2v) is 5.46. The van der Waals surface area contributed by atoms with Gasteiger partial charge in [-0.25, -0.2) is 0 Å². The highest BCUT2D eigenvalue weighted by Gasteiger charge is 2.20. The van der Waals surface area contributed by atoms with Crippen LogP contribution < -0.4 is 10.6 Å². The summed E-state index contributed by atoms with van der Waals surface area (Å²) in [5, 5.41) is 6.15. The topological polar surface area (TPSA) is 53.6 Å². The number of carbonyl (C=O) groups excluding carboxylic acids is 1. The summed E-state index contributed by atoms with van der Waals surface area (Å²) in [5.74, 6) is 0.0306. The highest BCUT2D eigenvalue weighted by atomic mass is 35.5. The number of nitrogens with one attached hydrogen (secondary N) is 2. The van der Waals surface area contributed by atoms with Crippen LogP contribution in [0.5, 0.6) is 0 Å². The number of ether oxygens (including phenoxy) is 1. The fourth-order valence-electron chi connectivity index (χ4n) is 2.72. The minimum Gasteiger partial charge on any atom is -0.366 e. The van der Waals surface area contributed by atoms with Crippen molar-refractivity contribution in [1.29, 1.82) is 0 Å². The molecule has 0 radical (unpaired) electrons. The van der Waals surface area contributed by atoms with E-state index in [1.165, 1.54) is 38.8 Å². The van der Waals surface area contributed by atoms with Gasteiger partial charge in [-0.1, -0.05) is 12.8 Å². The minimum atomic E-state index is -0.299. The molecule has 0 aromatic rings. The van der Waals surface area contributed by atoms with E-state index in [2.05, 4.69) is 15.5 Å². The van der Waals surface area contributed by atoms with Gasteiger partial charge in [0.05, 0.1) is 6.61 Å². The molecular formula is C14H29Cl2N3O2. The van der Waals surface area contributed by atoms with Gasteiger partial charge in [0.1, 0.15) is 6.10 Å². The largest absolute Gasteiger partial charge is 0.366 e. The fraction of sp³-hybridized carbons (Fsp3) is 0.929. The summed E-state index contributed by atoms with van der Waals surface area (Å²) in [6.07, 6.45) is 6.14. The van der Waals surface area contributed by atoms with Gasteiger partial charge in [-0.2, -0.15) is 0 Å². The number of halogens is 2. The quantitative estimate of drug-likeness (QED) is 0.738. The number of amides is 1. The maximum atomic E-state index is 11.8. The summed E-state index contributed by atoms with van der Waals surface area (Å²) in [7, 11) is 0. The lowest BCUT2D eigenvalue weighted by atomic mass is 10.2. The minimum absolute atomic E-state index is 0. The normalized spacial score (nSPS) is 23.3. The third-order valence-corrected chi connectivity index (χ3v) is 3.87. The van der Waals surface area contributed by atoms with Gasteiger partial charge in [0.15, 0.2) is 0 Å². The van der Waals surface area contributed by atoms with Crippen molar-refractivity contribution in [2.45, 2.75) is 38.2 Å². The number of nitrogens with zero attached hydrogens (tertiary/aromatic N) is 1. The van der Waals surface area contributed by atoms with E-state index in [1.54, 1.807) is 0 Å². The van der Waals surface area contributed by atoms with Crippen molar-refractivity contribution in [2.24, 2.45) is 0 Å². The van der Waals surface area contributed by atoms with E-state index in [0.717, 1.165) is 26.1 Å². The second-order valence-electron chi connectivity index (χ2n) is 5.46. The van der Waals surface area contributed by atoms with Crippen LogP contribution in [0.1, 0.15) is 32.1 Å². The van der Waals surface area contributed by atoms with Gasteiger partial charge in [0.25, 0.3) is 0 Å². The Morgan fingerprint density at radius 3 is 2.52 bits per heavy atom. The van der Waals surface area contributed by atoms with Crippen molar-refractivity contribution in [3.63, 3.8) is 0 Å². The van der Waals surface area contributed by atoms with E-state index in [9.17, 15) is 4.79 Å². The molecule has 7 heteroatoms. The van der Waals surface area contributed by atoms with E-state index in [4.69, 9.17) is 4.74 Å². The molecule has 2 saturated heterocycles. The van der Waals surface area contributed by atoms with Gasteiger partial charge in [0.2, 0.25) is 5.91 Å². The molecule has 126 valence electrons. The van der Waals surface area contributed by atoms with Crippen LogP contribution >= 0.6 is 24.8 Å². The molecule has 21 heavy (non-hydrogen) atoms. The van der Waals surface area contributed by atoms with Gasteiger partial charge in [0, 0.05) is 19.6 Å². The van der Waals surface area contributed by atoms with Crippen LogP contribution in [-0.2, 0) is 9.53 Å². The van der Waals surface area contributed by atoms with Crippen LogP contribution in [0.2, 0.25) is 0 Å². The van der Waals surface area contributed by atoms with Crippen molar-refractivity contribution in [2.75, 3.05) is 45.9 Å². The summed E-state index contributed by atoms with van der Waals surface area (Å²) in [5.41, 5.74) is 0. The molecule has 2 N–H and O–H groups in total. The maximum Gasteiger partial charge on any atom is 0.250 e. The Balaban J connectivity index is 0.00000200. The Kier molecular flexibility index (Phi) is 12.4. The van der Waals surface area contributed by atoms with Crippen LogP contribution in [0, 0.1) is 0 Å². The van der Waals surface area contributed by atoms with Crippen LogP contribution in [0.3, 0.4) is 0 Å². The van der Waals surface area contributed by atoms with Crippen LogP contribution in [0.4, 0.5) is 0 Å². The van der Waals surface area contributed by atoms with E-state index >= 15 is 0 Å². The van der Waals surface area contributed by atoms with Crippen molar-refractivity contribution >= 4 is 30.7 Å². The molecule has 2 rings (SSSR count). The molecule has 2 heterocycles. The molecule has 0 aromatic carbocycles. The highest BCUT2D eigenvalue weighted by molar-refractivity contribution is 5.85. The Bertz CT molecular complexity index is 269. The molecule has 0 aliphatic carbocycles. The fourth-order valence-corrected chi connectivity index (χ4v) is 2.72. The number of morpholine rings is 1. The number of hydrogen-bond donors (Lipinski definition) is 2. The lowest BCUT2D eigenvalue weighted by Gasteiger charge is -2.23. The average Bonchev–Trinajstić information content (AvgIpc) is 2.73. The van der Waals surface area contributed by atoms with Crippen molar-refractivity contribution in [3.05, 3.63) is 0 Å². The van der Waals surface area contributed by atoms with Crippen LogP contribution in [-0.4, -0.2) is 62.8 Å². The first-order chi connectivity index (χ1) is 9.36. The molecule has 0 aromatic heterocycles. The van der Waals surface area contributed by atoms with E-state index < -0.39 is 0 Å². The van der Waals surface area contributed by atoms with Crippen molar-refractivity contribution in [3.8, 4) is 0 Å². The van der Waals surface area contributed by atoms with E-state index in [0.29, 0.717) is 13.2 Å². The predicted molar refractivity (Wildman–Crippen MR) is 89.6 cm³/mol. The lowest BCUT2D eigenvalue weighted by molar-refractivity contribution is -0.134. The molecule has 0 spiro atoms. The van der Waals surface area contributed by atoms with Crippen LogP contribution in [0.15, 0.2) is 0 Å². The first-order valence-corrected chi connectivity index (χ1v) is 7.68. The Labute approximate surface area is 140 Å². The van der Waals surface area contributed by atoms with Gasteiger partial charge >= 0.3 is 0 Å². The Hall–Kier alpha value is -0.0700. The van der Waals surface area contributed by atoms with Crippen molar-refractivity contribution in [1.82, 2.24) is 15.5 Å². The number of rotatable bonds is 5. The highest BCUT2D eigenvalue weighted by Crippen LogP contribution is 2.09. The van der Waals surface area contributed by atoms with Crippen molar-refractivity contribution < 1.29 is 9.53 Å². The molecule has 0 bridgehead atoms. The standard InChI is InChI=1S/C14H27N3O2.2ClH/c18-14(13-12-15-7-11-19-13)16-6-5-10-17-8-3-1-2-4-9-17;;/h13,15H,1-12H2,(H,16,18);2*1H. The van der Waals surface area contributed by atoms with Gasteiger partial charge < -0.3 is 20.3 Å². The monoisotopic (exact) mass is 341 g/mol. The zero-order valence-electron chi connectivity index (χ0n) is 12.6. The average molecular weight is 342 g/mol. The third-order valence-electron chi connectivity index (χ3n) is 3.87. The van der Waals surface area contributed by atoms with E-state index in [-0.39, 0.29) is 36.8 Å². The van der Waals surface area contributed by atoms with E-state index in [1.807, 2.05) is 0 Å². The second kappa shape index (κ2) is 12.5. The smallest absolute Gasteiger partial charge is 0.250 e. The zero-order valence-corrected chi connectivity index (χ0v) is 14.3. The first kappa shape index (κ1) is 20.9. The third kappa shape index (κ3) is 8.21. The SMILES string of the molecule is Cl.Cl.O=C(NCCCN1CCCCCC1)C1CNCCO1. The molecule has 5 nitrogen and oxygen atoms in total. The zero-order chi connectivity index (χ0) is 13.3. The Morgan fingerprint density at radius 1 is 1.19 bits per heavy atom. The van der Waals surface area contributed by atoms with Gasteiger partial charge in [-0.15, -0.1) is 24.8 Å².